The van der Waals surface area contributed by atoms with Gasteiger partial charge in [-0.05, 0) is 18.9 Å². The van der Waals surface area contributed by atoms with E-state index in [-0.39, 0.29) is 11.7 Å². The van der Waals surface area contributed by atoms with Crippen LogP contribution in [0, 0.1) is 5.92 Å². The number of thiol groups is 1. The van der Waals surface area contributed by atoms with Crippen molar-refractivity contribution in [2.45, 2.75) is 27.2 Å². The highest BCUT2D eigenvalue weighted by Crippen LogP contribution is 2.10. The molecule has 1 unspecified atom stereocenters. The van der Waals surface area contributed by atoms with E-state index in [9.17, 15) is 4.79 Å². The quantitative estimate of drug-likeness (QED) is 0.776. The fraction of sp³-hybridized carbons (Fsp3) is 0.462. The van der Waals surface area contributed by atoms with Crippen LogP contribution in [-0.4, -0.2) is 11.5 Å². The molecule has 0 saturated heterocycles. The van der Waals surface area contributed by atoms with Gasteiger partial charge in [-0.15, -0.1) is 0 Å². The first-order valence-corrected chi connectivity index (χ1v) is 6.02. The Balaban J connectivity index is 0.000000921. The zero-order valence-corrected chi connectivity index (χ0v) is 10.6. The topological polar surface area (TPSA) is 17.1 Å². The molecular weight excluding hydrogens is 204 g/mol. The summed E-state index contributed by atoms with van der Waals surface area (Å²) in [4.78, 5) is 11.1. The van der Waals surface area contributed by atoms with Gasteiger partial charge in [-0.1, -0.05) is 44.2 Å². The van der Waals surface area contributed by atoms with Crippen molar-refractivity contribution in [1.82, 2.24) is 0 Å². The Hall–Kier alpha value is -0.760. The molecule has 15 heavy (non-hydrogen) atoms. The summed E-state index contributed by atoms with van der Waals surface area (Å²) in [5.41, 5.74) is 1.21. The molecule has 1 aromatic rings. The molecule has 2 heteroatoms. The summed E-state index contributed by atoms with van der Waals surface area (Å²) in [5, 5.41) is 0. The van der Waals surface area contributed by atoms with Crippen molar-refractivity contribution in [2.24, 2.45) is 5.92 Å². The summed E-state index contributed by atoms with van der Waals surface area (Å²) in [5.74, 6) is 0.911. The number of carbonyl (C=O) groups is 1. The zero-order chi connectivity index (χ0) is 11.7. The van der Waals surface area contributed by atoms with E-state index < -0.39 is 0 Å². The molecule has 0 bridgehead atoms. The number of carbonyl (C=O) groups excluding carboxylic acids is 1. The van der Waals surface area contributed by atoms with Gasteiger partial charge in [-0.3, -0.25) is 4.79 Å². The van der Waals surface area contributed by atoms with Crippen LogP contribution in [0.5, 0.6) is 0 Å². The fourth-order valence-electron chi connectivity index (χ4n) is 1.24. The molecular formula is C13H20OS. The maximum Gasteiger partial charge on any atom is 0.134 e. The molecule has 0 radical (unpaired) electrons. The molecule has 0 aliphatic rings. The van der Waals surface area contributed by atoms with Crippen molar-refractivity contribution in [3.8, 4) is 0 Å². The lowest BCUT2D eigenvalue weighted by Crippen LogP contribution is -2.15. The van der Waals surface area contributed by atoms with Gasteiger partial charge in [0.2, 0.25) is 0 Å². The minimum atomic E-state index is 0.0609. The van der Waals surface area contributed by atoms with Gasteiger partial charge in [-0.25, -0.2) is 0 Å². The highest BCUT2D eigenvalue weighted by Gasteiger charge is 2.12. The summed E-state index contributed by atoms with van der Waals surface area (Å²) in [6, 6.07) is 10.0. The average molecular weight is 224 g/mol. The highest BCUT2D eigenvalue weighted by molar-refractivity contribution is 7.80. The predicted octanol–water partition coefficient (Wildman–Crippen LogP) is 3.39. The molecule has 1 nitrogen and oxygen atoms in total. The smallest absolute Gasteiger partial charge is 0.134 e. The normalized spacial score (nSPS) is 11.2. The predicted molar refractivity (Wildman–Crippen MR) is 69.5 cm³/mol. The van der Waals surface area contributed by atoms with Gasteiger partial charge in [0.05, 0.1) is 0 Å². The number of rotatable bonds is 4. The van der Waals surface area contributed by atoms with E-state index in [0.717, 1.165) is 6.42 Å². The average Bonchev–Trinajstić information content (AvgIpc) is 2.29. The van der Waals surface area contributed by atoms with Gasteiger partial charge < -0.3 is 0 Å². The first kappa shape index (κ1) is 14.2. The number of ketones is 1. The van der Waals surface area contributed by atoms with Crippen molar-refractivity contribution < 1.29 is 4.79 Å². The molecule has 0 amide bonds. The zero-order valence-electron chi connectivity index (χ0n) is 9.73. The van der Waals surface area contributed by atoms with E-state index in [2.05, 4.69) is 12.6 Å². The summed E-state index contributed by atoms with van der Waals surface area (Å²) in [6.45, 7) is 5.63. The molecule has 1 atom stereocenters. The first-order valence-electron chi connectivity index (χ1n) is 5.39. The van der Waals surface area contributed by atoms with Gasteiger partial charge >= 0.3 is 0 Å². The van der Waals surface area contributed by atoms with Crippen molar-refractivity contribution in [1.29, 1.82) is 0 Å². The summed E-state index contributed by atoms with van der Waals surface area (Å²) in [7, 11) is 0. The minimum Gasteiger partial charge on any atom is -0.300 e. The summed E-state index contributed by atoms with van der Waals surface area (Å²) >= 11 is 4.16. The lowest BCUT2D eigenvalue weighted by molar-refractivity contribution is -0.120. The molecule has 0 fully saturated rings. The standard InChI is InChI=1S/C11H14OS.C2H6/c1-9(12)11(8-13)7-10-5-3-2-4-6-10;1-2/h2-6,11,13H,7-8H2,1H3;1-2H3. The fourth-order valence-corrected chi connectivity index (χ4v) is 1.62. The largest absolute Gasteiger partial charge is 0.300 e. The third-order valence-corrected chi connectivity index (χ3v) is 2.56. The van der Waals surface area contributed by atoms with E-state index in [1.165, 1.54) is 5.56 Å². The third-order valence-electron chi connectivity index (χ3n) is 2.12. The molecule has 1 aromatic carbocycles. The van der Waals surface area contributed by atoms with E-state index in [1.54, 1.807) is 6.92 Å². The lowest BCUT2D eigenvalue weighted by Gasteiger charge is -2.09. The van der Waals surface area contributed by atoms with Crippen LogP contribution in [0.15, 0.2) is 30.3 Å². The lowest BCUT2D eigenvalue weighted by atomic mass is 9.98. The van der Waals surface area contributed by atoms with Crippen LogP contribution >= 0.6 is 12.6 Å². The molecule has 0 heterocycles. The summed E-state index contributed by atoms with van der Waals surface area (Å²) < 4.78 is 0. The molecule has 1 rings (SSSR count). The number of benzene rings is 1. The molecule has 84 valence electrons. The molecule has 0 aliphatic carbocycles. The van der Waals surface area contributed by atoms with Gasteiger partial charge in [-0.2, -0.15) is 12.6 Å². The monoisotopic (exact) mass is 224 g/mol. The van der Waals surface area contributed by atoms with Crippen molar-refractivity contribution in [3.05, 3.63) is 35.9 Å². The summed E-state index contributed by atoms with van der Waals surface area (Å²) in [6.07, 6.45) is 0.805. The molecule has 0 saturated carbocycles. The van der Waals surface area contributed by atoms with E-state index in [4.69, 9.17) is 0 Å². The van der Waals surface area contributed by atoms with E-state index >= 15 is 0 Å². The highest BCUT2D eigenvalue weighted by atomic mass is 32.1. The Morgan fingerprint density at radius 3 is 2.20 bits per heavy atom. The first-order chi connectivity index (χ1) is 7.24. The van der Waals surface area contributed by atoms with Crippen molar-refractivity contribution >= 4 is 18.4 Å². The van der Waals surface area contributed by atoms with Crippen LogP contribution in [-0.2, 0) is 11.2 Å². The van der Waals surface area contributed by atoms with Gasteiger partial charge in [0.1, 0.15) is 5.78 Å². The van der Waals surface area contributed by atoms with E-state index in [1.807, 2.05) is 44.2 Å². The second-order valence-electron chi connectivity index (χ2n) is 3.18. The molecule has 0 spiro atoms. The van der Waals surface area contributed by atoms with Crippen LogP contribution < -0.4 is 0 Å². The van der Waals surface area contributed by atoms with Crippen LogP contribution in [0.2, 0.25) is 0 Å². The molecule has 0 aromatic heterocycles. The Morgan fingerprint density at radius 2 is 1.80 bits per heavy atom. The van der Waals surface area contributed by atoms with Crippen molar-refractivity contribution in [3.63, 3.8) is 0 Å². The Morgan fingerprint density at radius 1 is 1.27 bits per heavy atom. The van der Waals surface area contributed by atoms with Crippen LogP contribution in [0.25, 0.3) is 0 Å². The Bertz CT molecular complexity index is 269. The Kier molecular flexibility index (Phi) is 8.11. The second-order valence-corrected chi connectivity index (χ2v) is 3.55. The second kappa shape index (κ2) is 8.54. The maximum atomic E-state index is 11.1. The van der Waals surface area contributed by atoms with Crippen LogP contribution in [0.3, 0.4) is 0 Å². The number of Topliss-reactive ketones (excluding diaryl/α,β-unsaturated/α-hetero) is 1. The third kappa shape index (κ3) is 5.63. The number of hydrogen-bond donors (Lipinski definition) is 1. The van der Waals surface area contributed by atoms with Gasteiger partial charge in [0.15, 0.2) is 0 Å². The number of hydrogen-bond acceptors (Lipinski definition) is 2. The minimum absolute atomic E-state index is 0.0609. The maximum absolute atomic E-state index is 11.1. The van der Waals surface area contributed by atoms with Gasteiger partial charge in [0, 0.05) is 11.7 Å². The molecule has 0 N–H and O–H groups in total. The molecule has 0 aliphatic heterocycles. The SMILES string of the molecule is CC.CC(=O)C(CS)Cc1ccccc1. The Labute approximate surface area is 98.3 Å². The van der Waals surface area contributed by atoms with Crippen LogP contribution in [0.4, 0.5) is 0 Å². The van der Waals surface area contributed by atoms with Crippen LogP contribution in [0.1, 0.15) is 26.3 Å². The van der Waals surface area contributed by atoms with Crippen molar-refractivity contribution in [2.75, 3.05) is 5.75 Å². The van der Waals surface area contributed by atoms with Gasteiger partial charge in [0.25, 0.3) is 0 Å². The van der Waals surface area contributed by atoms with E-state index in [0.29, 0.717) is 5.75 Å².